The van der Waals surface area contributed by atoms with Crippen molar-refractivity contribution in [3.05, 3.63) is 57.0 Å². The van der Waals surface area contributed by atoms with Crippen LogP contribution in [-0.2, 0) is 11.2 Å². The normalized spacial score (nSPS) is 10.3. The van der Waals surface area contributed by atoms with Crippen LogP contribution in [0.25, 0.3) is 0 Å². The minimum Gasteiger partial charge on any atom is -0.301 e. The summed E-state index contributed by atoms with van der Waals surface area (Å²) >= 11 is 6.83. The van der Waals surface area contributed by atoms with Crippen molar-refractivity contribution in [3.8, 4) is 0 Å². The molecule has 0 aliphatic carbocycles. The van der Waals surface area contributed by atoms with Crippen LogP contribution in [0.3, 0.4) is 0 Å². The van der Waals surface area contributed by atoms with Gasteiger partial charge in [0.1, 0.15) is 0 Å². The maximum atomic E-state index is 11.9. The summed E-state index contributed by atoms with van der Waals surface area (Å²) in [6.07, 6.45) is 1.57. The van der Waals surface area contributed by atoms with Crippen molar-refractivity contribution in [2.45, 2.75) is 24.9 Å². The molecular weight excluding hydrogens is 364 g/mol. The Morgan fingerprint density at radius 1 is 1.24 bits per heavy atom. The van der Waals surface area contributed by atoms with E-state index in [0.29, 0.717) is 27.9 Å². The summed E-state index contributed by atoms with van der Waals surface area (Å²) in [6.45, 7) is 1.99. The number of hydrogen-bond donors (Lipinski definition) is 3. The van der Waals surface area contributed by atoms with Gasteiger partial charge in [0, 0.05) is 22.3 Å². The summed E-state index contributed by atoms with van der Waals surface area (Å²) in [7, 11) is 0. The monoisotopic (exact) mass is 380 g/mol. The molecule has 25 heavy (non-hydrogen) atoms. The maximum Gasteiger partial charge on any atom is 0.269 e. The van der Waals surface area contributed by atoms with Crippen LogP contribution in [0.15, 0.2) is 40.3 Å². The Balaban J connectivity index is 1.83. The number of hydrogen-bond acceptors (Lipinski definition) is 5. The molecule has 2 amide bonds. The summed E-state index contributed by atoms with van der Waals surface area (Å²) in [5, 5.41) is 0.888. The molecule has 7 nitrogen and oxygen atoms in total. The molecule has 0 aliphatic rings. The second kappa shape index (κ2) is 9.24. The van der Waals surface area contributed by atoms with Crippen LogP contribution in [0, 0.1) is 0 Å². The largest absolute Gasteiger partial charge is 0.301 e. The first-order valence-corrected chi connectivity index (χ1v) is 8.92. The lowest BCUT2D eigenvalue weighted by molar-refractivity contribution is -0.119. The van der Waals surface area contributed by atoms with Gasteiger partial charge in [0.2, 0.25) is 5.91 Å². The number of thioether (sulfide) groups is 1. The first kappa shape index (κ1) is 19.0. The smallest absolute Gasteiger partial charge is 0.269 e. The number of rotatable bonds is 6. The Morgan fingerprint density at radius 3 is 2.64 bits per heavy atom. The second-order valence-electron chi connectivity index (χ2n) is 5.09. The molecule has 0 bridgehead atoms. The minimum absolute atomic E-state index is 0.000579. The van der Waals surface area contributed by atoms with Crippen LogP contribution in [0.4, 0.5) is 0 Å². The van der Waals surface area contributed by atoms with Gasteiger partial charge < -0.3 is 4.98 Å². The highest BCUT2D eigenvalue weighted by atomic mass is 35.5. The van der Waals surface area contributed by atoms with Crippen LogP contribution in [0.2, 0.25) is 5.02 Å². The highest BCUT2D eigenvalue weighted by Gasteiger charge is 2.09. The predicted molar refractivity (Wildman–Crippen MR) is 96.6 cm³/mol. The van der Waals surface area contributed by atoms with Crippen LogP contribution < -0.4 is 16.4 Å². The predicted octanol–water partition coefficient (Wildman–Crippen LogP) is 1.93. The molecule has 1 heterocycles. The average Bonchev–Trinajstić information content (AvgIpc) is 2.58. The SMILES string of the molecule is CCCc1cc(=O)[nH]c(SCC(=O)NNC(=O)c2ccc(Cl)cc2)n1. The summed E-state index contributed by atoms with van der Waals surface area (Å²) in [6, 6.07) is 7.71. The number of aryl methyl sites for hydroxylation is 1. The first-order chi connectivity index (χ1) is 12.0. The molecule has 0 radical (unpaired) electrons. The third-order valence-corrected chi connectivity index (χ3v) is 4.17. The summed E-state index contributed by atoms with van der Waals surface area (Å²) in [4.78, 5) is 42.1. The Morgan fingerprint density at radius 2 is 1.96 bits per heavy atom. The van der Waals surface area contributed by atoms with E-state index >= 15 is 0 Å². The lowest BCUT2D eigenvalue weighted by Crippen LogP contribution is -2.42. The Hall–Kier alpha value is -2.32. The van der Waals surface area contributed by atoms with Crippen molar-refractivity contribution in [1.82, 2.24) is 20.8 Å². The number of benzene rings is 1. The van der Waals surface area contributed by atoms with E-state index in [4.69, 9.17) is 11.6 Å². The zero-order valence-electron chi connectivity index (χ0n) is 13.5. The fourth-order valence-electron chi connectivity index (χ4n) is 1.91. The number of carbonyl (C=O) groups excluding carboxylic acids is 2. The van der Waals surface area contributed by atoms with Gasteiger partial charge in [-0.25, -0.2) is 4.98 Å². The van der Waals surface area contributed by atoms with E-state index < -0.39 is 11.8 Å². The third-order valence-electron chi connectivity index (χ3n) is 3.04. The molecule has 2 rings (SSSR count). The molecule has 0 saturated carbocycles. The van der Waals surface area contributed by atoms with Gasteiger partial charge in [-0.15, -0.1) is 0 Å². The molecule has 0 aliphatic heterocycles. The van der Waals surface area contributed by atoms with Crippen molar-refractivity contribution < 1.29 is 9.59 Å². The lowest BCUT2D eigenvalue weighted by Gasteiger charge is -2.07. The van der Waals surface area contributed by atoms with E-state index in [1.54, 1.807) is 24.3 Å². The Labute approximate surface area is 153 Å². The molecule has 0 spiro atoms. The van der Waals surface area contributed by atoms with E-state index in [0.717, 1.165) is 18.2 Å². The topological polar surface area (TPSA) is 104 Å². The number of nitrogens with zero attached hydrogens (tertiary/aromatic N) is 1. The number of amides is 2. The van der Waals surface area contributed by atoms with Crippen molar-refractivity contribution in [2.24, 2.45) is 0 Å². The lowest BCUT2D eigenvalue weighted by atomic mass is 10.2. The molecule has 3 N–H and O–H groups in total. The fourth-order valence-corrected chi connectivity index (χ4v) is 2.73. The molecule has 0 fully saturated rings. The van der Waals surface area contributed by atoms with Gasteiger partial charge in [-0.05, 0) is 30.7 Å². The molecule has 1 aromatic carbocycles. The number of nitrogens with one attached hydrogen (secondary N) is 3. The molecule has 9 heteroatoms. The molecule has 0 saturated heterocycles. The van der Waals surface area contributed by atoms with E-state index in [9.17, 15) is 14.4 Å². The van der Waals surface area contributed by atoms with Crippen molar-refractivity contribution in [3.63, 3.8) is 0 Å². The number of aromatic nitrogens is 2. The Kier molecular flexibility index (Phi) is 7.03. The number of carbonyl (C=O) groups is 2. The summed E-state index contributed by atoms with van der Waals surface area (Å²) in [5.74, 6) is -0.873. The van der Waals surface area contributed by atoms with Gasteiger partial charge >= 0.3 is 0 Å². The van der Waals surface area contributed by atoms with Crippen molar-refractivity contribution in [1.29, 1.82) is 0 Å². The van der Waals surface area contributed by atoms with E-state index in [1.807, 2.05) is 6.92 Å². The summed E-state index contributed by atoms with van der Waals surface area (Å²) in [5.41, 5.74) is 5.42. The van der Waals surface area contributed by atoms with Gasteiger partial charge in [-0.2, -0.15) is 0 Å². The molecule has 1 aromatic heterocycles. The quantitative estimate of drug-likeness (QED) is 0.403. The summed E-state index contributed by atoms with van der Waals surface area (Å²) < 4.78 is 0. The molecule has 132 valence electrons. The highest BCUT2D eigenvalue weighted by molar-refractivity contribution is 7.99. The van der Waals surface area contributed by atoms with Crippen LogP contribution in [0.1, 0.15) is 29.4 Å². The van der Waals surface area contributed by atoms with Crippen LogP contribution in [0.5, 0.6) is 0 Å². The van der Waals surface area contributed by atoms with Crippen molar-refractivity contribution >= 4 is 35.2 Å². The average molecular weight is 381 g/mol. The molecule has 0 atom stereocenters. The third kappa shape index (κ3) is 6.24. The highest BCUT2D eigenvalue weighted by Crippen LogP contribution is 2.11. The number of aromatic amines is 1. The number of hydrazine groups is 1. The van der Waals surface area contributed by atoms with Gasteiger partial charge in [-0.3, -0.25) is 25.2 Å². The van der Waals surface area contributed by atoms with Crippen molar-refractivity contribution in [2.75, 3.05) is 5.75 Å². The van der Waals surface area contributed by atoms with Crippen LogP contribution in [-0.4, -0.2) is 27.5 Å². The van der Waals surface area contributed by atoms with Gasteiger partial charge in [0.05, 0.1) is 5.75 Å². The van der Waals surface area contributed by atoms with E-state index in [1.165, 1.54) is 6.07 Å². The zero-order valence-corrected chi connectivity index (χ0v) is 15.0. The number of H-pyrrole nitrogens is 1. The van der Waals surface area contributed by atoms with E-state index in [2.05, 4.69) is 20.8 Å². The maximum absolute atomic E-state index is 11.9. The fraction of sp³-hybridized carbons (Fsp3) is 0.250. The minimum atomic E-state index is -0.452. The zero-order chi connectivity index (χ0) is 18.2. The van der Waals surface area contributed by atoms with Crippen LogP contribution >= 0.6 is 23.4 Å². The van der Waals surface area contributed by atoms with Gasteiger partial charge in [0.25, 0.3) is 11.5 Å². The second-order valence-corrected chi connectivity index (χ2v) is 6.49. The number of halogens is 1. The molecule has 2 aromatic rings. The Bertz CT molecular complexity index is 808. The molecule has 0 unspecified atom stereocenters. The van der Waals surface area contributed by atoms with Gasteiger partial charge in [-0.1, -0.05) is 36.7 Å². The standard InChI is InChI=1S/C16H17ClN4O3S/c1-2-3-12-8-13(22)19-16(18-12)25-9-14(23)20-21-15(24)10-4-6-11(17)7-5-10/h4-8H,2-3,9H2,1H3,(H,20,23)(H,21,24)(H,18,19,22). The molecular formula is C16H17ClN4O3S. The van der Waals surface area contributed by atoms with E-state index in [-0.39, 0.29) is 11.3 Å². The van der Waals surface area contributed by atoms with Gasteiger partial charge in [0.15, 0.2) is 5.16 Å². The first-order valence-electron chi connectivity index (χ1n) is 7.55.